The van der Waals surface area contributed by atoms with Crippen molar-refractivity contribution in [3.63, 3.8) is 0 Å². The van der Waals surface area contributed by atoms with Gasteiger partial charge < -0.3 is 10.1 Å². The van der Waals surface area contributed by atoms with Crippen molar-refractivity contribution in [1.29, 1.82) is 0 Å². The number of aromatic nitrogens is 3. The predicted molar refractivity (Wildman–Crippen MR) is 132 cm³/mol. The molecule has 1 aliphatic heterocycles. The standard InChI is InChI=1S/C25H31N5O2S/c1-19-9-11-21(12-10-19)30-23(20-7-5-4-6-8-20)27-28-24(30)33-17-22(31)26-18-25(2,3)29-13-15-32-16-14-29/h4-12H,13-18H2,1-3H3,(H,26,31). The SMILES string of the molecule is Cc1ccc(-n2c(SCC(=O)NCC(C)(C)N3CCOCC3)nnc2-c2ccccc2)cc1. The van der Waals surface area contributed by atoms with Gasteiger partial charge in [-0.1, -0.05) is 59.8 Å². The Morgan fingerprint density at radius 2 is 1.76 bits per heavy atom. The van der Waals surface area contributed by atoms with Gasteiger partial charge in [-0.3, -0.25) is 14.3 Å². The molecule has 1 saturated heterocycles. The summed E-state index contributed by atoms with van der Waals surface area (Å²) in [6.07, 6.45) is 0. The summed E-state index contributed by atoms with van der Waals surface area (Å²) in [7, 11) is 0. The molecule has 1 amide bonds. The molecule has 2 aromatic carbocycles. The zero-order valence-electron chi connectivity index (χ0n) is 19.5. The first-order valence-corrected chi connectivity index (χ1v) is 12.2. The molecule has 1 aliphatic rings. The molecule has 1 aromatic heterocycles. The normalized spacial score (nSPS) is 14.9. The van der Waals surface area contributed by atoms with E-state index < -0.39 is 0 Å². The van der Waals surface area contributed by atoms with Crippen LogP contribution in [0.25, 0.3) is 17.1 Å². The summed E-state index contributed by atoms with van der Waals surface area (Å²) in [4.78, 5) is 15.0. The van der Waals surface area contributed by atoms with E-state index in [9.17, 15) is 4.79 Å². The van der Waals surface area contributed by atoms with Gasteiger partial charge in [-0.2, -0.15) is 0 Å². The molecule has 33 heavy (non-hydrogen) atoms. The molecule has 0 unspecified atom stereocenters. The van der Waals surface area contributed by atoms with Crippen molar-refractivity contribution in [2.24, 2.45) is 0 Å². The lowest BCUT2D eigenvalue weighted by molar-refractivity contribution is -0.119. The van der Waals surface area contributed by atoms with E-state index in [4.69, 9.17) is 4.74 Å². The Morgan fingerprint density at radius 1 is 1.06 bits per heavy atom. The first kappa shape index (κ1) is 23.5. The highest BCUT2D eigenvalue weighted by atomic mass is 32.2. The average Bonchev–Trinajstić information content (AvgIpc) is 3.27. The third-order valence-corrected chi connectivity index (χ3v) is 6.80. The van der Waals surface area contributed by atoms with Gasteiger partial charge in [0, 0.05) is 36.4 Å². The Labute approximate surface area is 199 Å². The fraction of sp³-hybridized carbons (Fsp3) is 0.400. The van der Waals surface area contributed by atoms with E-state index in [1.54, 1.807) is 0 Å². The molecule has 0 spiro atoms. The first-order chi connectivity index (χ1) is 15.9. The topological polar surface area (TPSA) is 72.3 Å². The number of amides is 1. The summed E-state index contributed by atoms with van der Waals surface area (Å²) in [5.74, 6) is 1.02. The lowest BCUT2D eigenvalue weighted by atomic mass is 10.0. The Bertz CT molecular complexity index is 1060. The van der Waals surface area contributed by atoms with Crippen LogP contribution < -0.4 is 5.32 Å². The second-order valence-corrected chi connectivity index (χ2v) is 9.76. The summed E-state index contributed by atoms with van der Waals surface area (Å²) in [6.45, 7) is 10.2. The monoisotopic (exact) mass is 465 g/mol. The van der Waals surface area contributed by atoms with Crippen LogP contribution in [0.1, 0.15) is 19.4 Å². The van der Waals surface area contributed by atoms with Gasteiger partial charge in [-0.05, 0) is 32.9 Å². The number of hydrogen-bond acceptors (Lipinski definition) is 6. The number of ether oxygens (including phenoxy) is 1. The summed E-state index contributed by atoms with van der Waals surface area (Å²) in [5.41, 5.74) is 3.02. The number of thioether (sulfide) groups is 1. The molecule has 1 fully saturated rings. The van der Waals surface area contributed by atoms with Crippen LogP contribution in [-0.2, 0) is 9.53 Å². The number of nitrogens with zero attached hydrogens (tertiary/aromatic N) is 4. The molecule has 0 bridgehead atoms. The van der Waals surface area contributed by atoms with Gasteiger partial charge in [-0.25, -0.2) is 0 Å². The minimum Gasteiger partial charge on any atom is -0.379 e. The minimum atomic E-state index is -0.119. The lowest BCUT2D eigenvalue weighted by Crippen LogP contribution is -2.55. The molecule has 4 rings (SSSR count). The number of aryl methyl sites for hydroxylation is 1. The van der Waals surface area contributed by atoms with Gasteiger partial charge in [0.15, 0.2) is 11.0 Å². The number of carbonyl (C=O) groups excluding carboxylic acids is 1. The molecule has 7 nitrogen and oxygen atoms in total. The van der Waals surface area contributed by atoms with Crippen LogP contribution in [0.2, 0.25) is 0 Å². The summed E-state index contributed by atoms with van der Waals surface area (Å²) in [6, 6.07) is 18.2. The molecule has 1 N–H and O–H groups in total. The van der Waals surface area contributed by atoms with Crippen molar-refractivity contribution in [2.45, 2.75) is 31.5 Å². The number of carbonyl (C=O) groups is 1. The summed E-state index contributed by atoms with van der Waals surface area (Å²) >= 11 is 1.40. The number of nitrogens with one attached hydrogen (secondary N) is 1. The fourth-order valence-electron chi connectivity index (χ4n) is 3.84. The molecule has 0 atom stereocenters. The molecule has 0 radical (unpaired) electrons. The highest BCUT2D eigenvalue weighted by molar-refractivity contribution is 7.99. The van der Waals surface area contributed by atoms with Crippen LogP contribution in [0, 0.1) is 6.92 Å². The van der Waals surface area contributed by atoms with Crippen LogP contribution >= 0.6 is 11.8 Å². The summed E-state index contributed by atoms with van der Waals surface area (Å²) < 4.78 is 7.47. The van der Waals surface area contributed by atoms with E-state index in [0.717, 1.165) is 43.4 Å². The van der Waals surface area contributed by atoms with Crippen LogP contribution in [0.3, 0.4) is 0 Å². The van der Waals surface area contributed by atoms with Gasteiger partial charge in [0.2, 0.25) is 5.91 Å². The maximum Gasteiger partial charge on any atom is 0.230 e. The van der Waals surface area contributed by atoms with E-state index in [1.165, 1.54) is 17.3 Å². The van der Waals surface area contributed by atoms with Gasteiger partial charge in [0.05, 0.1) is 19.0 Å². The van der Waals surface area contributed by atoms with E-state index in [2.05, 4.69) is 65.5 Å². The molecule has 0 saturated carbocycles. The van der Waals surface area contributed by atoms with Crippen LogP contribution in [-0.4, -0.2) is 69.7 Å². The zero-order valence-corrected chi connectivity index (χ0v) is 20.3. The third kappa shape index (κ3) is 5.82. The molecule has 0 aliphatic carbocycles. The number of morpholine rings is 1. The molecular weight excluding hydrogens is 434 g/mol. The summed E-state index contributed by atoms with van der Waals surface area (Å²) in [5, 5.41) is 12.7. The van der Waals surface area contributed by atoms with Gasteiger partial charge in [-0.15, -0.1) is 10.2 Å². The number of hydrogen-bond donors (Lipinski definition) is 1. The van der Waals surface area contributed by atoms with Crippen molar-refractivity contribution in [1.82, 2.24) is 25.0 Å². The van der Waals surface area contributed by atoms with Gasteiger partial charge in [0.1, 0.15) is 0 Å². The van der Waals surface area contributed by atoms with Crippen molar-refractivity contribution < 1.29 is 9.53 Å². The Balaban J connectivity index is 1.46. The molecule has 174 valence electrons. The molecule has 8 heteroatoms. The molecule has 2 heterocycles. The highest BCUT2D eigenvalue weighted by Crippen LogP contribution is 2.28. The van der Waals surface area contributed by atoms with Crippen molar-refractivity contribution in [3.8, 4) is 17.1 Å². The van der Waals surface area contributed by atoms with E-state index in [0.29, 0.717) is 11.7 Å². The quantitative estimate of drug-likeness (QED) is 0.513. The Morgan fingerprint density at radius 3 is 2.45 bits per heavy atom. The van der Waals surface area contributed by atoms with E-state index in [1.807, 2.05) is 34.9 Å². The Kier molecular flexibility index (Phi) is 7.47. The average molecular weight is 466 g/mol. The van der Waals surface area contributed by atoms with Gasteiger partial charge in [0.25, 0.3) is 0 Å². The van der Waals surface area contributed by atoms with Crippen molar-refractivity contribution in [3.05, 3.63) is 60.2 Å². The highest BCUT2D eigenvalue weighted by Gasteiger charge is 2.28. The van der Waals surface area contributed by atoms with E-state index in [-0.39, 0.29) is 17.2 Å². The predicted octanol–water partition coefficient (Wildman–Crippen LogP) is 3.56. The Hall–Kier alpha value is -2.68. The van der Waals surface area contributed by atoms with Crippen LogP contribution in [0.5, 0.6) is 0 Å². The smallest absolute Gasteiger partial charge is 0.230 e. The number of benzene rings is 2. The maximum absolute atomic E-state index is 12.7. The van der Waals surface area contributed by atoms with E-state index >= 15 is 0 Å². The van der Waals surface area contributed by atoms with Crippen molar-refractivity contribution in [2.75, 3.05) is 38.6 Å². The second kappa shape index (κ2) is 10.5. The lowest BCUT2D eigenvalue weighted by Gasteiger charge is -2.40. The fourth-order valence-corrected chi connectivity index (χ4v) is 4.62. The van der Waals surface area contributed by atoms with Crippen molar-refractivity contribution >= 4 is 17.7 Å². The minimum absolute atomic E-state index is 0.0129. The molecule has 3 aromatic rings. The van der Waals surface area contributed by atoms with Gasteiger partial charge >= 0.3 is 0 Å². The maximum atomic E-state index is 12.7. The number of rotatable bonds is 8. The van der Waals surface area contributed by atoms with Crippen LogP contribution in [0.15, 0.2) is 59.8 Å². The van der Waals surface area contributed by atoms with Crippen LogP contribution in [0.4, 0.5) is 0 Å². The third-order valence-electron chi connectivity index (χ3n) is 5.88. The largest absolute Gasteiger partial charge is 0.379 e. The zero-order chi connectivity index (χ0) is 23.3. The first-order valence-electron chi connectivity index (χ1n) is 11.2. The second-order valence-electron chi connectivity index (χ2n) is 8.82. The molecular formula is C25H31N5O2S.